The molecule has 0 aromatic heterocycles. The van der Waals surface area contributed by atoms with Crippen molar-refractivity contribution < 1.29 is 23.9 Å². The second kappa shape index (κ2) is 9.92. The van der Waals surface area contributed by atoms with Gasteiger partial charge in [-0.25, -0.2) is 9.59 Å². The number of methoxy groups -OCH3 is 2. The number of rotatable bonds is 6. The van der Waals surface area contributed by atoms with Crippen LogP contribution in [0.15, 0.2) is 54.2 Å². The number of nitrogens with one attached hydrogen (secondary N) is 2. The average molecular weight is 414 g/mol. The third-order valence-electron chi connectivity index (χ3n) is 3.69. The Kier molecular flexibility index (Phi) is 7.34. The normalized spacial score (nSPS) is 10.5. The molecule has 0 atom stereocenters. The van der Waals surface area contributed by atoms with E-state index in [1.807, 2.05) is 0 Å². The van der Waals surface area contributed by atoms with Gasteiger partial charge in [-0.05, 0) is 42.5 Å². The molecule has 2 rings (SSSR count). The molecular weight excluding hydrogens is 398 g/mol. The van der Waals surface area contributed by atoms with E-state index in [-0.39, 0.29) is 22.4 Å². The van der Waals surface area contributed by atoms with Crippen molar-refractivity contribution in [1.29, 1.82) is 5.26 Å². The highest BCUT2D eigenvalue weighted by atomic mass is 35.5. The molecule has 2 N–H and O–H groups in total. The summed E-state index contributed by atoms with van der Waals surface area (Å²) >= 11 is 5.80. The molecule has 0 spiro atoms. The van der Waals surface area contributed by atoms with Crippen molar-refractivity contribution in [2.75, 3.05) is 24.9 Å². The largest absolute Gasteiger partial charge is 0.465 e. The van der Waals surface area contributed by atoms with Crippen molar-refractivity contribution in [3.05, 3.63) is 70.4 Å². The van der Waals surface area contributed by atoms with Crippen LogP contribution in [0.25, 0.3) is 0 Å². The van der Waals surface area contributed by atoms with Gasteiger partial charge in [-0.15, -0.1) is 0 Å². The highest BCUT2D eigenvalue weighted by Crippen LogP contribution is 2.20. The fraction of sp³-hybridized carbons (Fsp3) is 0.100. The van der Waals surface area contributed by atoms with Gasteiger partial charge in [0.15, 0.2) is 0 Å². The van der Waals surface area contributed by atoms with E-state index in [1.165, 1.54) is 32.4 Å². The molecule has 0 saturated heterocycles. The first-order valence-electron chi connectivity index (χ1n) is 8.14. The number of nitrogens with zero attached hydrogens (tertiary/aromatic N) is 1. The van der Waals surface area contributed by atoms with Crippen LogP contribution in [0.5, 0.6) is 0 Å². The number of halogens is 1. The van der Waals surface area contributed by atoms with E-state index in [1.54, 1.807) is 30.3 Å². The number of esters is 2. The first-order valence-corrected chi connectivity index (χ1v) is 8.51. The lowest BCUT2D eigenvalue weighted by atomic mass is 10.1. The number of nitriles is 1. The fourth-order valence-corrected chi connectivity index (χ4v) is 2.35. The minimum Gasteiger partial charge on any atom is -0.465 e. The van der Waals surface area contributed by atoms with E-state index in [2.05, 4.69) is 15.4 Å². The van der Waals surface area contributed by atoms with Crippen molar-refractivity contribution in [2.45, 2.75) is 0 Å². The second-order valence-corrected chi connectivity index (χ2v) is 5.96. The topological polar surface area (TPSA) is 118 Å². The predicted octanol–water partition coefficient (Wildman–Crippen LogP) is 3.37. The Morgan fingerprint density at radius 2 is 1.69 bits per heavy atom. The Bertz CT molecular complexity index is 1010. The monoisotopic (exact) mass is 413 g/mol. The van der Waals surface area contributed by atoms with E-state index in [9.17, 15) is 19.6 Å². The van der Waals surface area contributed by atoms with E-state index in [0.29, 0.717) is 10.7 Å². The molecule has 0 radical (unpaired) electrons. The lowest BCUT2D eigenvalue weighted by molar-refractivity contribution is -0.112. The average Bonchev–Trinajstić information content (AvgIpc) is 2.74. The van der Waals surface area contributed by atoms with Crippen molar-refractivity contribution in [2.24, 2.45) is 0 Å². The molecule has 29 heavy (non-hydrogen) atoms. The van der Waals surface area contributed by atoms with Crippen LogP contribution < -0.4 is 10.6 Å². The van der Waals surface area contributed by atoms with Gasteiger partial charge in [-0.1, -0.05) is 11.6 Å². The summed E-state index contributed by atoms with van der Waals surface area (Å²) < 4.78 is 9.36. The zero-order valence-corrected chi connectivity index (χ0v) is 16.2. The van der Waals surface area contributed by atoms with Gasteiger partial charge in [-0.3, -0.25) is 4.79 Å². The molecule has 2 aromatic carbocycles. The molecule has 0 aliphatic carbocycles. The highest BCUT2D eigenvalue weighted by Gasteiger charge is 2.16. The van der Waals surface area contributed by atoms with Crippen LogP contribution in [-0.4, -0.2) is 32.1 Å². The number of amides is 1. The molecule has 0 aliphatic rings. The summed E-state index contributed by atoms with van der Waals surface area (Å²) in [5, 5.41) is 15.0. The standard InChI is InChI=1S/C20H16ClN3O5/c1-28-19(26)12-3-8-16(20(27)29-2)17(9-12)23-11-13(10-22)18(25)24-15-6-4-14(21)5-7-15/h3-9,11,23H,1-2H3,(H,24,25)/b13-11-. The molecule has 0 unspecified atom stereocenters. The summed E-state index contributed by atoms with van der Waals surface area (Å²) in [7, 11) is 2.43. The summed E-state index contributed by atoms with van der Waals surface area (Å²) in [6, 6.07) is 12.2. The SMILES string of the molecule is COC(=O)c1ccc(C(=O)OC)c(N/C=C(/C#N)C(=O)Nc2ccc(Cl)cc2)c1. The zero-order chi connectivity index (χ0) is 21.4. The quantitative estimate of drug-likeness (QED) is 0.423. The van der Waals surface area contributed by atoms with Crippen LogP contribution in [0.1, 0.15) is 20.7 Å². The highest BCUT2D eigenvalue weighted by molar-refractivity contribution is 6.30. The molecule has 0 fully saturated rings. The van der Waals surface area contributed by atoms with Gasteiger partial charge in [0.25, 0.3) is 5.91 Å². The van der Waals surface area contributed by atoms with Crippen molar-refractivity contribution in [3.63, 3.8) is 0 Å². The summed E-state index contributed by atoms with van der Waals surface area (Å²) in [5.41, 5.74) is 0.612. The third kappa shape index (κ3) is 5.57. The minimum atomic E-state index is -0.675. The molecule has 9 heteroatoms. The molecule has 0 heterocycles. The van der Waals surface area contributed by atoms with Crippen molar-refractivity contribution >= 4 is 40.8 Å². The van der Waals surface area contributed by atoms with Gasteiger partial charge in [0.2, 0.25) is 0 Å². The molecule has 148 valence electrons. The fourth-order valence-electron chi connectivity index (χ4n) is 2.23. The van der Waals surface area contributed by atoms with Crippen LogP contribution >= 0.6 is 11.6 Å². The van der Waals surface area contributed by atoms with Crippen LogP contribution in [0.4, 0.5) is 11.4 Å². The molecule has 2 aromatic rings. The summed E-state index contributed by atoms with van der Waals surface area (Å²) in [5.74, 6) is -1.96. The lowest BCUT2D eigenvalue weighted by Gasteiger charge is -2.10. The number of carbonyl (C=O) groups is 3. The number of carbonyl (C=O) groups excluding carboxylic acids is 3. The molecule has 8 nitrogen and oxygen atoms in total. The van der Waals surface area contributed by atoms with Gasteiger partial charge in [0.05, 0.1) is 31.0 Å². The number of hydrogen-bond donors (Lipinski definition) is 2. The van der Waals surface area contributed by atoms with Crippen molar-refractivity contribution in [3.8, 4) is 6.07 Å². The Balaban J connectivity index is 2.29. The zero-order valence-electron chi connectivity index (χ0n) is 15.5. The predicted molar refractivity (Wildman–Crippen MR) is 107 cm³/mol. The number of hydrogen-bond acceptors (Lipinski definition) is 7. The summed E-state index contributed by atoms with van der Waals surface area (Å²) in [6.07, 6.45) is 1.12. The first kappa shape index (κ1) is 21.5. The van der Waals surface area contributed by atoms with Crippen LogP contribution in [0.3, 0.4) is 0 Å². The van der Waals surface area contributed by atoms with E-state index < -0.39 is 17.8 Å². The Labute approximate surface area is 171 Å². The number of ether oxygens (including phenoxy) is 2. The number of anilines is 2. The number of benzene rings is 2. The van der Waals surface area contributed by atoms with E-state index >= 15 is 0 Å². The van der Waals surface area contributed by atoms with Gasteiger partial charge in [0, 0.05) is 16.9 Å². The van der Waals surface area contributed by atoms with Crippen molar-refractivity contribution in [1.82, 2.24) is 0 Å². The molecular formula is C20H16ClN3O5. The molecule has 0 saturated carbocycles. The van der Waals surface area contributed by atoms with Gasteiger partial charge in [0.1, 0.15) is 11.6 Å². The Morgan fingerprint density at radius 3 is 2.28 bits per heavy atom. The Morgan fingerprint density at radius 1 is 1.03 bits per heavy atom. The lowest BCUT2D eigenvalue weighted by Crippen LogP contribution is -2.15. The maximum Gasteiger partial charge on any atom is 0.339 e. The smallest absolute Gasteiger partial charge is 0.339 e. The minimum absolute atomic E-state index is 0.104. The molecule has 1 amide bonds. The van der Waals surface area contributed by atoms with Gasteiger partial charge < -0.3 is 20.1 Å². The summed E-state index contributed by atoms with van der Waals surface area (Å²) in [4.78, 5) is 36.0. The van der Waals surface area contributed by atoms with E-state index in [4.69, 9.17) is 16.3 Å². The van der Waals surface area contributed by atoms with Crippen LogP contribution in [0.2, 0.25) is 5.02 Å². The molecule has 0 aliphatic heterocycles. The second-order valence-electron chi connectivity index (χ2n) is 5.52. The maximum absolute atomic E-state index is 12.3. The van der Waals surface area contributed by atoms with Crippen LogP contribution in [-0.2, 0) is 14.3 Å². The van der Waals surface area contributed by atoms with Gasteiger partial charge >= 0.3 is 11.9 Å². The Hall–Kier alpha value is -3.83. The van der Waals surface area contributed by atoms with Gasteiger partial charge in [-0.2, -0.15) is 5.26 Å². The van der Waals surface area contributed by atoms with E-state index in [0.717, 1.165) is 6.20 Å². The first-order chi connectivity index (χ1) is 13.9. The van der Waals surface area contributed by atoms with Crippen LogP contribution in [0, 0.1) is 11.3 Å². The third-order valence-corrected chi connectivity index (χ3v) is 3.94. The molecule has 0 bridgehead atoms. The maximum atomic E-state index is 12.3. The summed E-state index contributed by atoms with van der Waals surface area (Å²) in [6.45, 7) is 0.